The van der Waals surface area contributed by atoms with Crippen molar-refractivity contribution in [1.29, 1.82) is 0 Å². The summed E-state index contributed by atoms with van der Waals surface area (Å²) in [5.41, 5.74) is 4.47. The Balaban J connectivity index is 1.98. The van der Waals surface area contributed by atoms with Crippen molar-refractivity contribution >= 4 is 10.9 Å². The average Bonchev–Trinajstić information content (AvgIpc) is 2.90. The highest BCUT2D eigenvalue weighted by Gasteiger charge is 2.12. The maximum atomic E-state index is 13.1. The molecule has 0 unspecified atom stereocenters. The van der Waals surface area contributed by atoms with Gasteiger partial charge in [-0.05, 0) is 43.2 Å². The Morgan fingerprint density at radius 2 is 1.68 bits per heavy atom. The van der Waals surface area contributed by atoms with Crippen molar-refractivity contribution in [3.05, 3.63) is 71.2 Å². The van der Waals surface area contributed by atoms with Gasteiger partial charge in [0.1, 0.15) is 5.82 Å². The summed E-state index contributed by atoms with van der Waals surface area (Å²) in [6, 6.07) is 14.8. The molecule has 1 heterocycles. The number of para-hydroxylation sites is 1. The lowest BCUT2D eigenvalue weighted by atomic mass is 10.1. The van der Waals surface area contributed by atoms with Crippen molar-refractivity contribution in [1.82, 2.24) is 4.57 Å². The molecule has 0 saturated heterocycles. The lowest BCUT2D eigenvalue weighted by Gasteiger charge is -2.05. The third-order valence-corrected chi connectivity index (χ3v) is 4.67. The van der Waals surface area contributed by atoms with Gasteiger partial charge < -0.3 is 4.57 Å². The van der Waals surface area contributed by atoms with Crippen molar-refractivity contribution in [2.24, 2.45) is 7.05 Å². The summed E-state index contributed by atoms with van der Waals surface area (Å²) < 4.78 is 15.4. The highest BCUT2D eigenvalue weighted by Crippen LogP contribution is 2.26. The molecule has 0 fully saturated rings. The topological polar surface area (TPSA) is 4.93 Å². The van der Waals surface area contributed by atoms with Gasteiger partial charge in [0.05, 0.1) is 5.56 Å². The van der Waals surface area contributed by atoms with Gasteiger partial charge in [-0.2, -0.15) is 0 Å². The standard InChI is InChI=1S/C23H24FN/c1-3-4-5-6-10-23-21(17-14-18-12-15-19(24)16-13-18)20-9-7-8-11-22(20)25(23)2/h7-9,11-13,15-16H,3-6,10H2,1-2H3. The Morgan fingerprint density at radius 3 is 2.44 bits per heavy atom. The minimum Gasteiger partial charge on any atom is -0.346 e. The van der Waals surface area contributed by atoms with Gasteiger partial charge in [-0.15, -0.1) is 0 Å². The molecule has 2 aromatic carbocycles. The lowest BCUT2D eigenvalue weighted by molar-refractivity contribution is 0.627. The van der Waals surface area contributed by atoms with Crippen LogP contribution in [0, 0.1) is 17.7 Å². The average molecular weight is 333 g/mol. The van der Waals surface area contributed by atoms with Crippen LogP contribution >= 0.6 is 0 Å². The van der Waals surface area contributed by atoms with Crippen LogP contribution in [0.25, 0.3) is 10.9 Å². The summed E-state index contributed by atoms with van der Waals surface area (Å²) in [5.74, 6) is 6.34. The minimum absolute atomic E-state index is 0.229. The molecule has 3 aromatic rings. The number of hydrogen-bond acceptors (Lipinski definition) is 0. The van der Waals surface area contributed by atoms with Crippen LogP contribution in [0.3, 0.4) is 0 Å². The van der Waals surface area contributed by atoms with Gasteiger partial charge >= 0.3 is 0 Å². The first-order valence-corrected chi connectivity index (χ1v) is 9.04. The quantitative estimate of drug-likeness (QED) is 0.408. The van der Waals surface area contributed by atoms with Gasteiger partial charge in [0, 0.05) is 29.2 Å². The van der Waals surface area contributed by atoms with E-state index in [9.17, 15) is 4.39 Å². The van der Waals surface area contributed by atoms with Gasteiger partial charge in [-0.3, -0.25) is 0 Å². The Labute approximate surface area is 149 Å². The fourth-order valence-corrected chi connectivity index (χ4v) is 3.27. The molecule has 0 aliphatic heterocycles. The largest absolute Gasteiger partial charge is 0.346 e. The van der Waals surface area contributed by atoms with Crippen LogP contribution in [0.1, 0.15) is 49.4 Å². The maximum absolute atomic E-state index is 13.1. The van der Waals surface area contributed by atoms with Crippen LogP contribution in [0.5, 0.6) is 0 Å². The molecule has 1 aromatic heterocycles. The molecule has 0 aliphatic carbocycles. The molecule has 0 atom stereocenters. The Morgan fingerprint density at radius 1 is 0.920 bits per heavy atom. The summed E-state index contributed by atoms with van der Waals surface area (Å²) in [6.45, 7) is 2.23. The first-order chi connectivity index (χ1) is 12.2. The summed E-state index contributed by atoms with van der Waals surface area (Å²) >= 11 is 0. The molecule has 1 nitrogen and oxygen atoms in total. The van der Waals surface area contributed by atoms with E-state index in [4.69, 9.17) is 0 Å². The predicted octanol–water partition coefficient (Wildman–Crippen LogP) is 5.84. The van der Waals surface area contributed by atoms with E-state index >= 15 is 0 Å². The van der Waals surface area contributed by atoms with Crippen LogP contribution in [-0.4, -0.2) is 4.57 Å². The normalized spacial score (nSPS) is 10.7. The number of rotatable bonds is 5. The molecule has 0 aliphatic rings. The molecule has 0 N–H and O–H groups in total. The third-order valence-electron chi connectivity index (χ3n) is 4.67. The van der Waals surface area contributed by atoms with Gasteiger partial charge in [0.2, 0.25) is 0 Å². The van der Waals surface area contributed by atoms with E-state index in [2.05, 4.69) is 54.6 Å². The number of halogens is 1. The van der Waals surface area contributed by atoms with Gasteiger partial charge in [0.25, 0.3) is 0 Å². The van der Waals surface area contributed by atoms with Crippen molar-refractivity contribution in [2.45, 2.75) is 39.0 Å². The van der Waals surface area contributed by atoms with E-state index in [0.29, 0.717) is 0 Å². The first-order valence-electron chi connectivity index (χ1n) is 9.04. The summed E-state index contributed by atoms with van der Waals surface area (Å²) in [4.78, 5) is 0. The monoisotopic (exact) mass is 333 g/mol. The second kappa shape index (κ2) is 8.03. The van der Waals surface area contributed by atoms with Gasteiger partial charge in [0.15, 0.2) is 0 Å². The summed E-state index contributed by atoms with van der Waals surface area (Å²) in [7, 11) is 2.13. The number of hydrogen-bond donors (Lipinski definition) is 0. The van der Waals surface area contributed by atoms with Crippen LogP contribution in [-0.2, 0) is 13.5 Å². The molecule has 128 valence electrons. The molecule has 0 spiro atoms. The fourth-order valence-electron chi connectivity index (χ4n) is 3.27. The summed E-state index contributed by atoms with van der Waals surface area (Å²) in [6.07, 6.45) is 6.00. The number of benzene rings is 2. The van der Waals surface area contributed by atoms with Crippen LogP contribution in [0.4, 0.5) is 4.39 Å². The van der Waals surface area contributed by atoms with E-state index in [1.165, 1.54) is 54.4 Å². The van der Waals surface area contributed by atoms with E-state index in [1.54, 1.807) is 12.1 Å². The SMILES string of the molecule is CCCCCCc1c(C#Cc2ccc(F)cc2)c2ccccc2n1C. The number of aromatic nitrogens is 1. The summed E-state index contributed by atoms with van der Waals surface area (Å²) in [5, 5.41) is 1.20. The first kappa shape index (κ1) is 17.3. The second-order valence-corrected chi connectivity index (χ2v) is 6.47. The lowest BCUT2D eigenvalue weighted by Crippen LogP contribution is -1.98. The number of nitrogens with zero attached hydrogens (tertiary/aromatic N) is 1. The Hall–Kier alpha value is -2.53. The van der Waals surface area contributed by atoms with Crippen LogP contribution < -0.4 is 0 Å². The van der Waals surface area contributed by atoms with Crippen molar-refractivity contribution < 1.29 is 4.39 Å². The zero-order chi connectivity index (χ0) is 17.6. The molecule has 0 saturated carbocycles. The second-order valence-electron chi connectivity index (χ2n) is 6.47. The smallest absolute Gasteiger partial charge is 0.123 e. The maximum Gasteiger partial charge on any atom is 0.123 e. The Kier molecular flexibility index (Phi) is 5.56. The zero-order valence-electron chi connectivity index (χ0n) is 15.0. The minimum atomic E-state index is -0.229. The zero-order valence-corrected chi connectivity index (χ0v) is 15.0. The van der Waals surface area contributed by atoms with Crippen molar-refractivity contribution in [2.75, 3.05) is 0 Å². The van der Waals surface area contributed by atoms with Crippen LogP contribution in [0.2, 0.25) is 0 Å². The fraction of sp³-hybridized carbons (Fsp3) is 0.304. The molecule has 25 heavy (non-hydrogen) atoms. The molecule has 0 radical (unpaired) electrons. The van der Waals surface area contributed by atoms with Gasteiger partial charge in [-0.1, -0.05) is 56.2 Å². The van der Waals surface area contributed by atoms with E-state index in [1.807, 2.05) is 0 Å². The third kappa shape index (κ3) is 3.94. The molecular formula is C23H24FN. The number of unbranched alkanes of at least 4 members (excludes halogenated alkanes) is 3. The molecule has 3 rings (SSSR count). The predicted molar refractivity (Wildman–Crippen MR) is 103 cm³/mol. The van der Waals surface area contributed by atoms with Crippen molar-refractivity contribution in [3.63, 3.8) is 0 Å². The van der Waals surface area contributed by atoms with E-state index in [-0.39, 0.29) is 5.82 Å². The number of fused-ring (bicyclic) bond motifs is 1. The molecule has 0 bridgehead atoms. The highest BCUT2D eigenvalue weighted by atomic mass is 19.1. The van der Waals surface area contributed by atoms with Crippen molar-refractivity contribution in [3.8, 4) is 11.8 Å². The van der Waals surface area contributed by atoms with E-state index in [0.717, 1.165) is 17.5 Å². The molecule has 0 amide bonds. The number of aryl methyl sites for hydroxylation is 1. The molecule has 2 heteroatoms. The Bertz CT molecular complexity index is 907. The van der Waals surface area contributed by atoms with Gasteiger partial charge in [-0.25, -0.2) is 4.39 Å². The molecular weight excluding hydrogens is 309 g/mol. The highest BCUT2D eigenvalue weighted by molar-refractivity contribution is 5.88. The van der Waals surface area contributed by atoms with E-state index < -0.39 is 0 Å². The van der Waals surface area contributed by atoms with Crippen LogP contribution in [0.15, 0.2) is 48.5 Å².